The van der Waals surface area contributed by atoms with Crippen molar-refractivity contribution in [3.8, 4) is 0 Å². The van der Waals surface area contributed by atoms with E-state index in [0.29, 0.717) is 0 Å². The van der Waals surface area contributed by atoms with Gasteiger partial charge in [0.25, 0.3) is 0 Å². The van der Waals surface area contributed by atoms with Gasteiger partial charge in [-0.3, -0.25) is 0 Å². The van der Waals surface area contributed by atoms with E-state index in [0.717, 1.165) is 31.3 Å². The standard InChI is InChI=1S/C34H48.H3N.H2O.H2/c1-13-28(22(4)5)32(34(12,15-3)23(6)7)21-26(10)27(11)29(14-2)31-18-16-17-30-24(8)19-20-25(9)33(30)31;;;/h19-21H,4,6,11,13-18H2,1-3,5,7-10,12H3;1H3;1H2;1H/b26-21+,31-29-,32-28+;;;/t34-;;;/m0.../s1. The highest BCUT2D eigenvalue weighted by Gasteiger charge is 2.30. The topological polar surface area (TPSA) is 66.5 Å². The van der Waals surface area contributed by atoms with Gasteiger partial charge in [-0.2, -0.15) is 0 Å². The van der Waals surface area contributed by atoms with E-state index in [1.54, 1.807) is 5.56 Å². The van der Waals surface area contributed by atoms with Crippen LogP contribution in [0.1, 0.15) is 104 Å². The zero-order valence-electron chi connectivity index (χ0n) is 24.8. The first-order valence-electron chi connectivity index (χ1n) is 13.2. The van der Waals surface area contributed by atoms with Crippen molar-refractivity contribution in [2.45, 2.75) is 101 Å². The van der Waals surface area contributed by atoms with E-state index in [4.69, 9.17) is 0 Å². The summed E-state index contributed by atoms with van der Waals surface area (Å²) in [6.45, 7) is 33.6. The Hall–Kier alpha value is -2.42. The molecule has 1 aromatic rings. The molecule has 1 aromatic carbocycles. The molecule has 0 aromatic heterocycles. The molecule has 36 heavy (non-hydrogen) atoms. The molecule has 1 atom stereocenters. The van der Waals surface area contributed by atoms with Crippen molar-refractivity contribution in [1.82, 2.24) is 6.15 Å². The van der Waals surface area contributed by atoms with Gasteiger partial charge in [-0.25, -0.2) is 0 Å². The average Bonchev–Trinajstić information content (AvgIpc) is 2.80. The Labute approximate surface area is 224 Å². The lowest BCUT2D eigenvalue weighted by molar-refractivity contribution is 0.468. The molecule has 0 amide bonds. The van der Waals surface area contributed by atoms with Gasteiger partial charge in [0, 0.05) is 6.84 Å². The maximum absolute atomic E-state index is 4.67. The lowest BCUT2D eigenvalue weighted by Gasteiger charge is -2.34. The van der Waals surface area contributed by atoms with Crippen LogP contribution in [0.15, 0.2) is 77.0 Å². The number of aryl methyl sites for hydroxylation is 2. The molecule has 0 spiro atoms. The molecular weight excluding hydrogens is 438 g/mol. The fraction of sp³-hybridized carbons (Fsp3) is 0.471. The molecular formula is C34H55NO. The maximum Gasteiger partial charge on any atom is 0.0128 e. The number of benzene rings is 1. The van der Waals surface area contributed by atoms with Crippen LogP contribution in [0.3, 0.4) is 0 Å². The molecule has 1 aliphatic rings. The maximum atomic E-state index is 4.67. The summed E-state index contributed by atoms with van der Waals surface area (Å²) in [5.41, 5.74) is 16.2. The van der Waals surface area contributed by atoms with E-state index in [1.165, 1.54) is 68.5 Å². The van der Waals surface area contributed by atoms with Gasteiger partial charge >= 0.3 is 0 Å². The molecule has 1 aliphatic carbocycles. The Morgan fingerprint density at radius 2 is 1.56 bits per heavy atom. The largest absolute Gasteiger partial charge is 0.412 e. The average molecular weight is 494 g/mol. The van der Waals surface area contributed by atoms with Crippen LogP contribution in [0.5, 0.6) is 0 Å². The van der Waals surface area contributed by atoms with Crippen LogP contribution in [-0.2, 0) is 6.42 Å². The number of rotatable bonds is 9. The summed E-state index contributed by atoms with van der Waals surface area (Å²) in [7, 11) is 0. The summed E-state index contributed by atoms with van der Waals surface area (Å²) in [5, 5.41) is 0. The third-order valence-corrected chi connectivity index (χ3v) is 8.27. The number of hydrogen-bond acceptors (Lipinski definition) is 1. The van der Waals surface area contributed by atoms with Gasteiger partial charge < -0.3 is 11.6 Å². The second-order valence-corrected chi connectivity index (χ2v) is 10.5. The second-order valence-electron chi connectivity index (χ2n) is 10.5. The normalized spacial score (nSPS) is 17.0. The summed E-state index contributed by atoms with van der Waals surface area (Å²) in [6.07, 6.45) is 8.92. The van der Waals surface area contributed by atoms with Gasteiger partial charge in [-0.05, 0) is 129 Å². The van der Waals surface area contributed by atoms with Gasteiger partial charge in [0.2, 0.25) is 0 Å². The minimum atomic E-state index is -0.0868. The van der Waals surface area contributed by atoms with Crippen molar-refractivity contribution in [2.24, 2.45) is 5.41 Å². The molecule has 2 heteroatoms. The van der Waals surface area contributed by atoms with Crippen molar-refractivity contribution in [3.63, 3.8) is 0 Å². The Kier molecular flexibility index (Phi) is 12.8. The lowest BCUT2D eigenvalue weighted by atomic mass is 9.70. The summed E-state index contributed by atoms with van der Waals surface area (Å²) < 4.78 is 0. The van der Waals surface area contributed by atoms with Gasteiger partial charge in [0.15, 0.2) is 0 Å². The fourth-order valence-electron chi connectivity index (χ4n) is 5.65. The van der Waals surface area contributed by atoms with Crippen LogP contribution in [-0.4, -0.2) is 5.48 Å². The zero-order chi connectivity index (χ0) is 25.8. The van der Waals surface area contributed by atoms with Crippen LogP contribution in [0.4, 0.5) is 0 Å². The Bertz CT molecular complexity index is 1100. The molecule has 0 radical (unpaired) electrons. The molecule has 0 saturated heterocycles. The first-order valence-corrected chi connectivity index (χ1v) is 13.2. The van der Waals surface area contributed by atoms with Gasteiger partial charge in [-0.15, -0.1) is 0 Å². The molecule has 0 bridgehead atoms. The quantitative estimate of drug-likeness (QED) is 0.270. The SMILES string of the molecule is C=C(/C(CC)=C1/CCCc2c(C)ccc(C)c21)/C(C)=C/C(=C(/CC)C(=C)C)[C@@](C)(CC)C(=C)C.N.O.[HH]. The number of hydrogen-bond donors (Lipinski definition) is 1. The van der Waals surface area contributed by atoms with E-state index in [2.05, 4.69) is 100 Å². The van der Waals surface area contributed by atoms with E-state index < -0.39 is 0 Å². The van der Waals surface area contributed by atoms with Crippen LogP contribution >= 0.6 is 0 Å². The predicted molar refractivity (Wildman–Crippen MR) is 165 cm³/mol. The molecule has 0 fully saturated rings. The van der Waals surface area contributed by atoms with E-state index in [1.807, 2.05) is 0 Å². The zero-order valence-corrected chi connectivity index (χ0v) is 24.8. The van der Waals surface area contributed by atoms with E-state index >= 15 is 0 Å². The second kappa shape index (κ2) is 13.8. The highest BCUT2D eigenvalue weighted by molar-refractivity contribution is 5.79. The van der Waals surface area contributed by atoms with Crippen molar-refractivity contribution in [2.75, 3.05) is 0 Å². The first-order chi connectivity index (χ1) is 15.9. The van der Waals surface area contributed by atoms with Gasteiger partial charge in [-0.1, -0.05) is 76.8 Å². The fourth-order valence-corrected chi connectivity index (χ4v) is 5.65. The van der Waals surface area contributed by atoms with Crippen molar-refractivity contribution < 1.29 is 6.90 Å². The molecule has 2 rings (SSSR count). The summed E-state index contributed by atoms with van der Waals surface area (Å²) >= 11 is 0. The minimum absolute atomic E-state index is 0. The summed E-state index contributed by atoms with van der Waals surface area (Å²) in [4.78, 5) is 0. The summed E-state index contributed by atoms with van der Waals surface area (Å²) in [5.74, 6) is 0. The van der Waals surface area contributed by atoms with Crippen molar-refractivity contribution >= 4 is 5.57 Å². The van der Waals surface area contributed by atoms with Crippen LogP contribution in [0.25, 0.3) is 5.57 Å². The third kappa shape index (κ3) is 6.47. The monoisotopic (exact) mass is 493 g/mol. The Morgan fingerprint density at radius 3 is 2.03 bits per heavy atom. The molecule has 0 unspecified atom stereocenters. The highest BCUT2D eigenvalue weighted by Crippen LogP contribution is 2.44. The molecule has 202 valence electrons. The Morgan fingerprint density at radius 1 is 0.972 bits per heavy atom. The molecule has 2 nitrogen and oxygen atoms in total. The molecule has 0 saturated carbocycles. The molecule has 5 N–H and O–H groups in total. The smallest absolute Gasteiger partial charge is 0.0128 e. The van der Waals surface area contributed by atoms with Crippen molar-refractivity contribution in [1.29, 1.82) is 0 Å². The number of fused-ring (bicyclic) bond motifs is 1. The Balaban J connectivity index is 0. The van der Waals surface area contributed by atoms with Crippen LogP contribution in [0, 0.1) is 19.3 Å². The molecule has 0 aliphatic heterocycles. The first kappa shape index (κ1) is 33.6. The van der Waals surface area contributed by atoms with Crippen molar-refractivity contribution in [3.05, 3.63) is 99.2 Å². The van der Waals surface area contributed by atoms with Gasteiger partial charge in [0.1, 0.15) is 0 Å². The highest BCUT2D eigenvalue weighted by atomic mass is 16.0. The van der Waals surface area contributed by atoms with E-state index in [9.17, 15) is 0 Å². The third-order valence-electron chi connectivity index (χ3n) is 8.27. The minimum Gasteiger partial charge on any atom is -0.412 e. The molecule has 0 heterocycles. The number of allylic oxidation sites excluding steroid dienone is 9. The van der Waals surface area contributed by atoms with E-state index in [-0.39, 0.29) is 18.5 Å². The predicted octanol–water partition coefficient (Wildman–Crippen LogP) is 10.2. The summed E-state index contributed by atoms with van der Waals surface area (Å²) in [6, 6.07) is 4.58. The van der Waals surface area contributed by atoms with Crippen LogP contribution < -0.4 is 6.15 Å². The van der Waals surface area contributed by atoms with Crippen LogP contribution in [0.2, 0.25) is 0 Å². The lowest BCUT2D eigenvalue weighted by Crippen LogP contribution is -2.21. The van der Waals surface area contributed by atoms with Gasteiger partial charge in [0.05, 0.1) is 0 Å².